The van der Waals surface area contributed by atoms with E-state index in [0.717, 1.165) is 51.7 Å². The Morgan fingerprint density at radius 3 is 1.44 bits per heavy atom. The van der Waals surface area contributed by atoms with E-state index in [-0.39, 0.29) is 0 Å². The van der Waals surface area contributed by atoms with Gasteiger partial charge in [-0.15, -0.1) is 0 Å². The van der Waals surface area contributed by atoms with E-state index in [1.165, 1.54) is 44.9 Å². The second-order valence-electron chi connectivity index (χ2n) is 6.39. The third-order valence-corrected chi connectivity index (χ3v) is 3.83. The van der Waals surface area contributed by atoms with Crippen LogP contribution in [0.5, 0.6) is 0 Å². The Morgan fingerprint density at radius 2 is 1.04 bits per heavy atom. The Hall–Kier alpha value is -0.650. The van der Waals surface area contributed by atoms with Gasteiger partial charge in [-0.05, 0) is 19.3 Å². The lowest BCUT2D eigenvalue weighted by Crippen LogP contribution is -1.99. The van der Waals surface area contributed by atoms with Gasteiger partial charge in [-0.1, -0.05) is 85.0 Å². The highest BCUT2D eigenvalue weighted by atomic mass is 17.2. The predicted molar refractivity (Wildman–Crippen MR) is 102 cm³/mol. The quantitative estimate of drug-likeness (QED) is 0.183. The van der Waals surface area contributed by atoms with Gasteiger partial charge >= 0.3 is 5.97 Å². The molecule has 0 unspecified atom stereocenters. The van der Waals surface area contributed by atoms with Gasteiger partial charge < -0.3 is 4.89 Å². The maximum absolute atomic E-state index is 10.5. The first-order valence-electron chi connectivity index (χ1n) is 10.3. The molecule has 0 amide bonds. The third kappa shape index (κ3) is 28.4. The van der Waals surface area contributed by atoms with Gasteiger partial charge in [0, 0.05) is 6.42 Å². The molecule has 0 radical (unpaired) electrons. The highest BCUT2D eigenvalue weighted by molar-refractivity contribution is 5.68. The van der Waals surface area contributed by atoms with E-state index in [2.05, 4.69) is 25.7 Å². The number of carbonyl (C=O) groups is 1. The smallest absolute Gasteiger partial charge is 0.301 e. The molecule has 152 valence electrons. The summed E-state index contributed by atoms with van der Waals surface area (Å²) in [5.41, 5.74) is 0. The summed E-state index contributed by atoms with van der Waals surface area (Å²) in [6.07, 6.45) is 15.8. The Kier molecular flexibility index (Phi) is 27.2. The van der Waals surface area contributed by atoms with E-state index >= 15 is 0 Å². The van der Waals surface area contributed by atoms with Crippen LogP contribution in [0.3, 0.4) is 0 Å². The average Bonchev–Trinajstić information content (AvgIpc) is 2.63. The fraction of sp³-hybridized carbons (Fsp3) is 0.950. The molecule has 0 rings (SSSR count). The van der Waals surface area contributed by atoms with Crippen molar-refractivity contribution >= 4 is 5.97 Å². The van der Waals surface area contributed by atoms with E-state index in [4.69, 9.17) is 15.0 Å². The summed E-state index contributed by atoms with van der Waals surface area (Å²) in [4.78, 5) is 23.9. The molecule has 0 fully saturated rings. The Bertz CT molecular complexity index is 238. The summed E-state index contributed by atoms with van der Waals surface area (Å²) in [5.74, 6) is -0.516. The predicted octanol–water partition coefficient (Wildman–Crippen LogP) is 6.46. The van der Waals surface area contributed by atoms with Gasteiger partial charge in [-0.25, -0.2) is 14.6 Å². The fourth-order valence-corrected chi connectivity index (χ4v) is 2.15. The van der Waals surface area contributed by atoms with E-state index < -0.39 is 5.97 Å². The highest BCUT2D eigenvalue weighted by Crippen LogP contribution is 2.10. The van der Waals surface area contributed by atoms with Gasteiger partial charge in [0.2, 0.25) is 0 Å². The molecule has 0 bridgehead atoms. The highest BCUT2D eigenvalue weighted by Gasteiger charge is 2.00. The van der Waals surface area contributed by atoms with Crippen molar-refractivity contribution in [1.82, 2.24) is 0 Å². The van der Waals surface area contributed by atoms with Crippen LogP contribution < -0.4 is 0 Å². The minimum Gasteiger partial charge on any atom is -0.301 e. The van der Waals surface area contributed by atoms with Gasteiger partial charge in [-0.2, -0.15) is 5.26 Å². The van der Waals surface area contributed by atoms with Gasteiger partial charge in [0.15, 0.2) is 0 Å². The summed E-state index contributed by atoms with van der Waals surface area (Å²) in [5, 5.41) is 8.01. The van der Waals surface area contributed by atoms with Crippen molar-refractivity contribution in [2.45, 2.75) is 111 Å². The number of carbonyl (C=O) groups excluding carboxylic acids is 1. The number of unbranched alkanes of at least 4 members (excludes halogenated alkanes) is 10. The lowest BCUT2D eigenvalue weighted by molar-refractivity contribution is -0.295. The lowest BCUT2D eigenvalue weighted by Gasteiger charge is -2.00. The molecule has 1 N–H and O–H groups in total. The number of rotatable bonds is 17. The molecular formula is C20H42O5. The second kappa shape index (κ2) is 25.6. The zero-order valence-corrected chi connectivity index (χ0v) is 16.9. The molecule has 0 saturated heterocycles. The summed E-state index contributed by atoms with van der Waals surface area (Å²) in [7, 11) is 0. The van der Waals surface area contributed by atoms with E-state index in [0.29, 0.717) is 6.42 Å². The maximum Gasteiger partial charge on any atom is 0.342 e. The third-order valence-electron chi connectivity index (χ3n) is 3.83. The molecule has 0 saturated carbocycles. The van der Waals surface area contributed by atoms with Crippen LogP contribution in [-0.4, -0.2) is 24.4 Å². The monoisotopic (exact) mass is 362 g/mol. The first-order valence-corrected chi connectivity index (χ1v) is 10.3. The zero-order chi connectivity index (χ0) is 19.0. The normalized spacial score (nSPS) is 10.2. The number of hydrogen-bond donors (Lipinski definition) is 1. The molecule has 0 spiro atoms. The molecule has 0 aromatic carbocycles. The van der Waals surface area contributed by atoms with Gasteiger partial charge in [0.1, 0.15) is 0 Å². The zero-order valence-electron chi connectivity index (χ0n) is 16.9. The first-order chi connectivity index (χ1) is 12.2. The Labute approximate surface area is 155 Å². The van der Waals surface area contributed by atoms with E-state index in [1.54, 1.807) is 0 Å². The average molecular weight is 363 g/mol. The van der Waals surface area contributed by atoms with Crippen molar-refractivity contribution in [3.63, 3.8) is 0 Å². The van der Waals surface area contributed by atoms with Crippen molar-refractivity contribution < 1.29 is 24.7 Å². The molecule has 0 aromatic rings. The molecule has 0 aliphatic heterocycles. The van der Waals surface area contributed by atoms with Gasteiger partial charge in [-0.3, -0.25) is 0 Å². The molecule has 0 heterocycles. The van der Waals surface area contributed by atoms with Crippen LogP contribution in [0, 0.1) is 0 Å². The summed E-state index contributed by atoms with van der Waals surface area (Å²) in [6, 6.07) is 0. The summed E-state index contributed by atoms with van der Waals surface area (Å²) < 4.78 is 0. The molecule has 5 heteroatoms. The van der Waals surface area contributed by atoms with E-state index in [9.17, 15) is 4.79 Å². The summed E-state index contributed by atoms with van der Waals surface area (Å²) >= 11 is 0. The molecule has 0 aliphatic rings. The standard InChI is InChI=1S/C12H24O3.C8H18O2/c1-2-3-4-5-6-7-8-9-10-11-12(13)15-14;1-3-5-7-9-10-8-6-4-2/h14H,2-11H2,1H3;3-8H2,1-2H3. The van der Waals surface area contributed by atoms with Crippen LogP contribution in [0.15, 0.2) is 0 Å². The molecule has 0 aliphatic carbocycles. The topological polar surface area (TPSA) is 65.0 Å². The van der Waals surface area contributed by atoms with Crippen LogP contribution >= 0.6 is 0 Å². The van der Waals surface area contributed by atoms with Crippen LogP contribution in [0.1, 0.15) is 111 Å². The van der Waals surface area contributed by atoms with Crippen molar-refractivity contribution in [1.29, 1.82) is 0 Å². The van der Waals surface area contributed by atoms with Gasteiger partial charge in [0.05, 0.1) is 13.2 Å². The fourth-order valence-electron chi connectivity index (χ4n) is 2.15. The second-order valence-corrected chi connectivity index (χ2v) is 6.39. The molecule has 25 heavy (non-hydrogen) atoms. The Balaban J connectivity index is 0. The van der Waals surface area contributed by atoms with Crippen LogP contribution in [0.25, 0.3) is 0 Å². The van der Waals surface area contributed by atoms with E-state index in [1.807, 2.05) is 0 Å². The Morgan fingerprint density at radius 1 is 0.640 bits per heavy atom. The molecule has 0 atom stereocenters. The van der Waals surface area contributed by atoms with Crippen LogP contribution in [-0.2, 0) is 19.5 Å². The van der Waals surface area contributed by atoms with Crippen LogP contribution in [0.4, 0.5) is 0 Å². The van der Waals surface area contributed by atoms with Crippen molar-refractivity contribution in [3.8, 4) is 0 Å². The van der Waals surface area contributed by atoms with Crippen molar-refractivity contribution in [3.05, 3.63) is 0 Å². The summed E-state index contributed by atoms with van der Waals surface area (Å²) in [6.45, 7) is 7.96. The minimum absolute atomic E-state index is 0.340. The lowest BCUT2D eigenvalue weighted by atomic mass is 10.1. The maximum atomic E-state index is 10.5. The van der Waals surface area contributed by atoms with Crippen molar-refractivity contribution in [2.24, 2.45) is 0 Å². The molecule has 0 aromatic heterocycles. The van der Waals surface area contributed by atoms with Gasteiger partial charge in [0.25, 0.3) is 0 Å². The SMILES string of the molecule is CCCCCCCCCCCC(=O)OO.CCCCOOCCCC. The largest absolute Gasteiger partial charge is 0.342 e. The minimum atomic E-state index is -0.516. The number of hydrogen-bond acceptors (Lipinski definition) is 5. The molecular weight excluding hydrogens is 320 g/mol. The first kappa shape index (κ1) is 26.6. The van der Waals surface area contributed by atoms with Crippen LogP contribution in [0.2, 0.25) is 0 Å². The molecule has 5 nitrogen and oxygen atoms in total. The van der Waals surface area contributed by atoms with Crippen molar-refractivity contribution in [2.75, 3.05) is 13.2 Å².